The largest absolute Gasteiger partial charge is 0.497 e. The zero-order valence-corrected chi connectivity index (χ0v) is 16.5. The minimum Gasteiger partial charge on any atom is -0.497 e. The van der Waals surface area contributed by atoms with Crippen molar-refractivity contribution < 1.29 is 9.47 Å². The predicted molar refractivity (Wildman–Crippen MR) is 109 cm³/mol. The fourth-order valence-corrected chi connectivity index (χ4v) is 4.03. The monoisotopic (exact) mass is 381 g/mol. The SMILES string of the molecule is COc1cc(CN2CC[C@H](c3nn(CCN)c4ncccc34)C2)cc(OC)c1. The predicted octanol–water partition coefficient (Wildman–Crippen LogP) is 2.40. The highest BCUT2D eigenvalue weighted by molar-refractivity contribution is 5.78. The van der Waals surface area contributed by atoms with Crippen molar-refractivity contribution in [3.8, 4) is 11.5 Å². The maximum atomic E-state index is 5.75. The lowest BCUT2D eigenvalue weighted by Gasteiger charge is -2.17. The van der Waals surface area contributed by atoms with Crippen LogP contribution in [0.5, 0.6) is 11.5 Å². The molecule has 7 heteroatoms. The zero-order chi connectivity index (χ0) is 19.5. The second-order valence-electron chi connectivity index (χ2n) is 7.21. The van der Waals surface area contributed by atoms with E-state index in [9.17, 15) is 0 Å². The molecule has 3 heterocycles. The molecule has 3 aromatic rings. The van der Waals surface area contributed by atoms with Crippen molar-refractivity contribution in [1.82, 2.24) is 19.7 Å². The van der Waals surface area contributed by atoms with Crippen LogP contribution in [0, 0.1) is 0 Å². The molecular weight excluding hydrogens is 354 g/mol. The van der Waals surface area contributed by atoms with E-state index in [1.807, 2.05) is 23.0 Å². The lowest BCUT2D eigenvalue weighted by atomic mass is 10.0. The molecule has 1 aliphatic rings. The highest BCUT2D eigenvalue weighted by Gasteiger charge is 2.28. The summed E-state index contributed by atoms with van der Waals surface area (Å²) < 4.78 is 12.7. The molecule has 0 radical (unpaired) electrons. The van der Waals surface area contributed by atoms with Crippen molar-refractivity contribution in [3.05, 3.63) is 47.8 Å². The molecule has 1 fully saturated rings. The Morgan fingerprint density at radius 1 is 1.18 bits per heavy atom. The van der Waals surface area contributed by atoms with E-state index in [1.165, 1.54) is 5.56 Å². The standard InChI is InChI=1S/C21H27N5O2/c1-27-17-10-15(11-18(12-17)28-2)13-25-8-5-16(14-25)20-19-4-3-7-23-21(19)26(24-20)9-6-22/h3-4,7,10-12,16H,5-6,8-9,13-14,22H2,1-2H3/t16-/m0/s1. The van der Waals surface area contributed by atoms with Gasteiger partial charge in [-0.25, -0.2) is 9.67 Å². The van der Waals surface area contributed by atoms with Gasteiger partial charge in [-0.1, -0.05) is 0 Å². The van der Waals surface area contributed by atoms with Gasteiger partial charge in [0.25, 0.3) is 0 Å². The molecule has 0 aliphatic carbocycles. The number of rotatable bonds is 7. The van der Waals surface area contributed by atoms with Crippen LogP contribution in [-0.4, -0.2) is 53.5 Å². The number of methoxy groups -OCH3 is 2. The summed E-state index contributed by atoms with van der Waals surface area (Å²) in [6, 6.07) is 10.2. The first kappa shape index (κ1) is 18.7. The molecule has 148 valence electrons. The molecule has 4 rings (SSSR count). The quantitative estimate of drug-likeness (QED) is 0.677. The molecule has 7 nitrogen and oxygen atoms in total. The number of hydrogen-bond donors (Lipinski definition) is 1. The van der Waals surface area contributed by atoms with Crippen LogP contribution < -0.4 is 15.2 Å². The molecule has 1 atom stereocenters. The molecule has 0 unspecified atom stereocenters. The van der Waals surface area contributed by atoms with Crippen LogP contribution >= 0.6 is 0 Å². The van der Waals surface area contributed by atoms with Crippen molar-refractivity contribution in [1.29, 1.82) is 0 Å². The molecule has 1 aliphatic heterocycles. The molecule has 0 amide bonds. The summed E-state index contributed by atoms with van der Waals surface area (Å²) >= 11 is 0. The Bertz CT molecular complexity index is 933. The summed E-state index contributed by atoms with van der Waals surface area (Å²) in [4.78, 5) is 6.98. The van der Waals surface area contributed by atoms with Gasteiger partial charge in [-0.3, -0.25) is 4.90 Å². The van der Waals surface area contributed by atoms with Gasteiger partial charge >= 0.3 is 0 Å². The first-order chi connectivity index (χ1) is 13.7. The third-order valence-electron chi connectivity index (χ3n) is 5.35. The molecule has 1 aromatic carbocycles. The van der Waals surface area contributed by atoms with Crippen molar-refractivity contribution in [2.75, 3.05) is 33.9 Å². The topological polar surface area (TPSA) is 78.4 Å². The lowest BCUT2D eigenvalue weighted by molar-refractivity contribution is 0.323. The van der Waals surface area contributed by atoms with E-state index in [4.69, 9.17) is 20.3 Å². The number of ether oxygens (including phenoxy) is 2. The first-order valence-electron chi connectivity index (χ1n) is 9.67. The number of hydrogen-bond acceptors (Lipinski definition) is 6. The van der Waals surface area contributed by atoms with E-state index in [1.54, 1.807) is 14.2 Å². The van der Waals surface area contributed by atoms with Crippen LogP contribution in [0.15, 0.2) is 36.5 Å². The summed E-state index contributed by atoms with van der Waals surface area (Å²) in [5, 5.41) is 6.01. The van der Waals surface area contributed by atoms with Crippen molar-refractivity contribution in [2.45, 2.75) is 25.4 Å². The normalized spacial score (nSPS) is 17.3. The first-order valence-corrected chi connectivity index (χ1v) is 9.67. The second-order valence-corrected chi connectivity index (χ2v) is 7.21. The summed E-state index contributed by atoms with van der Waals surface area (Å²) in [7, 11) is 3.36. The molecule has 2 aromatic heterocycles. The fourth-order valence-electron chi connectivity index (χ4n) is 4.03. The van der Waals surface area contributed by atoms with E-state index < -0.39 is 0 Å². The summed E-state index contributed by atoms with van der Waals surface area (Å²) in [5.41, 5.74) is 9.01. The summed E-state index contributed by atoms with van der Waals surface area (Å²) in [6.45, 7) is 4.12. The third-order valence-corrected chi connectivity index (χ3v) is 5.35. The number of nitrogens with zero attached hydrogens (tertiary/aromatic N) is 4. The van der Waals surface area contributed by atoms with Crippen LogP contribution in [0.2, 0.25) is 0 Å². The molecule has 0 bridgehead atoms. The molecule has 28 heavy (non-hydrogen) atoms. The van der Waals surface area contributed by atoms with Gasteiger partial charge in [0.1, 0.15) is 11.5 Å². The van der Waals surface area contributed by atoms with E-state index in [2.05, 4.69) is 28.1 Å². The fraction of sp³-hybridized carbons (Fsp3) is 0.429. The van der Waals surface area contributed by atoms with Gasteiger partial charge in [-0.2, -0.15) is 5.10 Å². The van der Waals surface area contributed by atoms with Gasteiger partial charge in [0, 0.05) is 43.2 Å². The van der Waals surface area contributed by atoms with E-state index in [0.717, 1.165) is 54.3 Å². The van der Waals surface area contributed by atoms with Crippen LogP contribution in [0.25, 0.3) is 11.0 Å². The Balaban J connectivity index is 1.53. The van der Waals surface area contributed by atoms with Crippen LogP contribution in [0.3, 0.4) is 0 Å². The maximum Gasteiger partial charge on any atom is 0.158 e. The summed E-state index contributed by atoms with van der Waals surface area (Å²) in [5.74, 6) is 2.05. The maximum absolute atomic E-state index is 5.75. The van der Waals surface area contributed by atoms with Crippen molar-refractivity contribution >= 4 is 11.0 Å². The Morgan fingerprint density at radius 2 is 1.96 bits per heavy atom. The Hall–Kier alpha value is -2.64. The lowest BCUT2D eigenvalue weighted by Crippen LogP contribution is -2.20. The number of benzene rings is 1. The second kappa shape index (κ2) is 8.16. The average molecular weight is 381 g/mol. The van der Waals surface area contributed by atoms with E-state index >= 15 is 0 Å². The van der Waals surface area contributed by atoms with Gasteiger partial charge in [0.05, 0.1) is 26.5 Å². The molecule has 1 saturated heterocycles. The molecule has 0 saturated carbocycles. The molecule has 0 spiro atoms. The number of aromatic nitrogens is 3. The summed E-state index contributed by atoms with van der Waals surface area (Å²) in [6.07, 6.45) is 2.91. The minimum absolute atomic E-state index is 0.401. The Labute approximate surface area is 165 Å². The Morgan fingerprint density at radius 3 is 2.68 bits per heavy atom. The number of likely N-dealkylation sites (tertiary alicyclic amines) is 1. The van der Waals surface area contributed by atoms with Crippen molar-refractivity contribution in [2.24, 2.45) is 5.73 Å². The van der Waals surface area contributed by atoms with Gasteiger partial charge < -0.3 is 15.2 Å². The van der Waals surface area contributed by atoms with E-state index in [-0.39, 0.29) is 0 Å². The van der Waals surface area contributed by atoms with Gasteiger partial charge in [-0.05, 0) is 42.8 Å². The van der Waals surface area contributed by atoms with Crippen LogP contribution in [-0.2, 0) is 13.1 Å². The number of pyridine rings is 1. The zero-order valence-electron chi connectivity index (χ0n) is 16.5. The Kier molecular flexibility index (Phi) is 5.45. The number of nitrogens with two attached hydrogens (primary N) is 1. The van der Waals surface area contributed by atoms with Gasteiger partial charge in [-0.15, -0.1) is 0 Å². The molecular formula is C21H27N5O2. The smallest absolute Gasteiger partial charge is 0.158 e. The highest BCUT2D eigenvalue weighted by Crippen LogP contribution is 2.32. The molecule has 2 N–H and O–H groups in total. The highest BCUT2D eigenvalue weighted by atomic mass is 16.5. The van der Waals surface area contributed by atoms with Gasteiger partial charge in [0.15, 0.2) is 5.65 Å². The van der Waals surface area contributed by atoms with Crippen LogP contribution in [0.4, 0.5) is 0 Å². The minimum atomic E-state index is 0.401. The van der Waals surface area contributed by atoms with E-state index in [0.29, 0.717) is 19.0 Å². The van der Waals surface area contributed by atoms with Gasteiger partial charge in [0.2, 0.25) is 0 Å². The van der Waals surface area contributed by atoms with Crippen LogP contribution in [0.1, 0.15) is 23.6 Å². The number of fused-ring (bicyclic) bond motifs is 1. The average Bonchev–Trinajstić information content (AvgIpc) is 3.33. The third kappa shape index (κ3) is 3.68. The van der Waals surface area contributed by atoms with Crippen molar-refractivity contribution in [3.63, 3.8) is 0 Å².